The Bertz CT molecular complexity index is 791. The van der Waals surface area contributed by atoms with Gasteiger partial charge in [0, 0.05) is 38.8 Å². The summed E-state index contributed by atoms with van der Waals surface area (Å²) >= 11 is 0. The van der Waals surface area contributed by atoms with Gasteiger partial charge in [0.15, 0.2) is 0 Å². The van der Waals surface area contributed by atoms with Crippen molar-refractivity contribution in [2.45, 2.75) is 4.90 Å². The van der Waals surface area contributed by atoms with Crippen molar-refractivity contribution in [2.75, 3.05) is 39.3 Å². The normalized spacial score (nSPS) is 16.7. The van der Waals surface area contributed by atoms with Crippen molar-refractivity contribution in [3.05, 3.63) is 60.4 Å². The van der Waals surface area contributed by atoms with Crippen LogP contribution in [0.1, 0.15) is 0 Å². The molecule has 1 saturated heterocycles. The topological polar surface area (TPSA) is 49.9 Å². The molecule has 1 aliphatic heterocycles. The fourth-order valence-corrected chi connectivity index (χ4v) is 4.23. The Hall–Kier alpha value is -1.96. The summed E-state index contributed by atoms with van der Waals surface area (Å²) in [6.45, 7) is 3.33. The maximum Gasteiger partial charge on any atom is 0.243 e. The molecule has 0 atom stereocenters. The Morgan fingerprint density at radius 3 is 2.36 bits per heavy atom. The van der Waals surface area contributed by atoms with Gasteiger partial charge < -0.3 is 4.74 Å². The lowest BCUT2D eigenvalue weighted by Crippen LogP contribution is -2.49. The van der Waals surface area contributed by atoms with E-state index >= 15 is 0 Å². The Labute approximate surface area is 147 Å². The second-order valence-electron chi connectivity index (χ2n) is 5.86. The van der Waals surface area contributed by atoms with E-state index in [1.165, 1.54) is 16.4 Å². The van der Waals surface area contributed by atoms with Gasteiger partial charge >= 0.3 is 0 Å². The molecule has 0 spiro atoms. The zero-order valence-corrected chi connectivity index (χ0v) is 14.7. The van der Waals surface area contributed by atoms with E-state index < -0.39 is 10.0 Å². The molecule has 7 heteroatoms. The van der Waals surface area contributed by atoms with E-state index in [2.05, 4.69) is 4.90 Å². The summed E-state index contributed by atoms with van der Waals surface area (Å²) in [7, 11) is -3.42. The summed E-state index contributed by atoms with van der Waals surface area (Å²) in [6, 6.07) is 14.5. The minimum Gasteiger partial charge on any atom is -0.492 e. The van der Waals surface area contributed by atoms with Gasteiger partial charge in [0.2, 0.25) is 10.0 Å². The Balaban J connectivity index is 1.47. The minimum atomic E-state index is -3.42. The highest BCUT2D eigenvalue weighted by atomic mass is 32.2. The van der Waals surface area contributed by atoms with Crippen LogP contribution in [0.15, 0.2) is 59.5 Å². The average Bonchev–Trinajstić information content (AvgIpc) is 2.63. The zero-order valence-electron chi connectivity index (χ0n) is 13.8. The molecule has 0 radical (unpaired) electrons. The van der Waals surface area contributed by atoms with Crippen LogP contribution in [0, 0.1) is 5.82 Å². The first-order chi connectivity index (χ1) is 12.1. The van der Waals surface area contributed by atoms with E-state index in [0.29, 0.717) is 50.0 Å². The van der Waals surface area contributed by atoms with Crippen LogP contribution in [0.2, 0.25) is 0 Å². The number of benzene rings is 2. The molecule has 1 fully saturated rings. The molecule has 1 heterocycles. The number of halogens is 1. The summed E-state index contributed by atoms with van der Waals surface area (Å²) in [5.74, 6) is 0.183. The van der Waals surface area contributed by atoms with Gasteiger partial charge in [-0.15, -0.1) is 0 Å². The molecule has 25 heavy (non-hydrogen) atoms. The lowest BCUT2D eigenvalue weighted by atomic mass is 10.3. The molecule has 3 rings (SSSR count). The van der Waals surface area contributed by atoms with Crippen molar-refractivity contribution in [1.82, 2.24) is 9.21 Å². The molecule has 2 aromatic carbocycles. The summed E-state index contributed by atoms with van der Waals surface area (Å²) < 4.78 is 45.3. The standard InChI is InChI=1S/C18H21FN2O3S/c19-16-5-4-6-17(15-16)24-14-13-20-9-11-21(12-10-20)25(22,23)18-7-2-1-3-8-18/h1-8,15H,9-14H2. The monoisotopic (exact) mass is 364 g/mol. The molecule has 0 aliphatic carbocycles. The summed E-state index contributed by atoms with van der Waals surface area (Å²) in [6.07, 6.45) is 0. The molecule has 0 aromatic heterocycles. The molecule has 5 nitrogen and oxygen atoms in total. The number of nitrogens with zero attached hydrogens (tertiary/aromatic N) is 2. The molecular weight excluding hydrogens is 343 g/mol. The van der Waals surface area contributed by atoms with Crippen LogP contribution in [-0.2, 0) is 10.0 Å². The van der Waals surface area contributed by atoms with Crippen molar-refractivity contribution in [3.63, 3.8) is 0 Å². The number of sulfonamides is 1. The highest BCUT2D eigenvalue weighted by Gasteiger charge is 2.28. The van der Waals surface area contributed by atoms with Gasteiger partial charge in [0.1, 0.15) is 18.2 Å². The van der Waals surface area contributed by atoms with E-state index in [9.17, 15) is 12.8 Å². The number of ether oxygens (including phenoxy) is 1. The lowest BCUT2D eigenvalue weighted by molar-refractivity contribution is 0.158. The molecule has 0 amide bonds. The SMILES string of the molecule is O=S(=O)(c1ccccc1)N1CCN(CCOc2cccc(F)c2)CC1. The number of hydrogen-bond donors (Lipinski definition) is 0. The first kappa shape index (κ1) is 17.8. The summed E-state index contributed by atoms with van der Waals surface area (Å²) in [5.41, 5.74) is 0. The van der Waals surface area contributed by atoms with Crippen LogP contribution in [0.25, 0.3) is 0 Å². The molecule has 0 unspecified atom stereocenters. The molecule has 2 aromatic rings. The number of rotatable bonds is 6. The van der Waals surface area contributed by atoms with Crippen LogP contribution < -0.4 is 4.74 Å². The van der Waals surface area contributed by atoms with Crippen LogP contribution in [0.5, 0.6) is 5.75 Å². The van der Waals surface area contributed by atoms with Crippen LogP contribution >= 0.6 is 0 Å². The van der Waals surface area contributed by atoms with Crippen LogP contribution in [0.3, 0.4) is 0 Å². The van der Waals surface area contributed by atoms with E-state index in [1.807, 2.05) is 0 Å². The Kier molecular flexibility index (Phi) is 5.67. The molecule has 0 bridgehead atoms. The first-order valence-electron chi connectivity index (χ1n) is 8.22. The number of piperazine rings is 1. The van der Waals surface area contributed by atoms with Crippen molar-refractivity contribution in [3.8, 4) is 5.75 Å². The third kappa shape index (κ3) is 4.56. The fourth-order valence-electron chi connectivity index (χ4n) is 2.78. The van der Waals surface area contributed by atoms with Gasteiger partial charge in [0.25, 0.3) is 0 Å². The third-order valence-electron chi connectivity index (χ3n) is 4.18. The van der Waals surface area contributed by atoms with Crippen molar-refractivity contribution in [2.24, 2.45) is 0 Å². The maximum atomic E-state index is 13.1. The van der Waals surface area contributed by atoms with Crippen molar-refractivity contribution in [1.29, 1.82) is 0 Å². The van der Waals surface area contributed by atoms with E-state index in [-0.39, 0.29) is 5.82 Å². The van der Waals surface area contributed by atoms with Crippen LogP contribution in [-0.4, -0.2) is 57.0 Å². The predicted octanol–water partition coefficient (Wildman–Crippen LogP) is 2.21. The summed E-state index contributed by atoms with van der Waals surface area (Å²) in [5, 5.41) is 0. The first-order valence-corrected chi connectivity index (χ1v) is 9.66. The second kappa shape index (κ2) is 7.95. The zero-order chi connectivity index (χ0) is 17.7. The third-order valence-corrected chi connectivity index (χ3v) is 6.10. The molecule has 134 valence electrons. The molecule has 0 N–H and O–H groups in total. The van der Waals surface area contributed by atoms with Gasteiger partial charge in [-0.05, 0) is 24.3 Å². The highest BCUT2D eigenvalue weighted by Crippen LogP contribution is 2.17. The van der Waals surface area contributed by atoms with Crippen LogP contribution in [0.4, 0.5) is 4.39 Å². The lowest BCUT2D eigenvalue weighted by Gasteiger charge is -2.33. The molecular formula is C18H21FN2O3S. The smallest absolute Gasteiger partial charge is 0.243 e. The van der Waals surface area contributed by atoms with Gasteiger partial charge in [-0.1, -0.05) is 24.3 Å². The minimum absolute atomic E-state index is 0.322. The van der Waals surface area contributed by atoms with E-state index in [1.54, 1.807) is 42.5 Å². The Morgan fingerprint density at radius 1 is 0.960 bits per heavy atom. The molecule has 0 saturated carbocycles. The van der Waals surface area contributed by atoms with Gasteiger partial charge in [-0.3, -0.25) is 4.90 Å². The van der Waals surface area contributed by atoms with Crippen molar-refractivity contribution >= 4 is 10.0 Å². The van der Waals surface area contributed by atoms with Gasteiger partial charge in [-0.25, -0.2) is 12.8 Å². The second-order valence-corrected chi connectivity index (χ2v) is 7.80. The Morgan fingerprint density at radius 2 is 1.68 bits per heavy atom. The quantitative estimate of drug-likeness (QED) is 0.789. The maximum absolute atomic E-state index is 13.1. The van der Waals surface area contributed by atoms with E-state index in [4.69, 9.17) is 4.74 Å². The highest BCUT2D eigenvalue weighted by molar-refractivity contribution is 7.89. The van der Waals surface area contributed by atoms with Gasteiger partial charge in [-0.2, -0.15) is 4.31 Å². The average molecular weight is 364 g/mol. The predicted molar refractivity (Wildman–Crippen MR) is 93.5 cm³/mol. The van der Waals surface area contributed by atoms with Gasteiger partial charge in [0.05, 0.1) is 4.90 Å². The largest absolute Gasteiger partial charge is 0.492 e. The van der Waals surface area contributed by atoms with E-state index in [0.717, 1.165) is 0 Å². The molecule has 1 aliphatic rings. The summed E-state index contributed by atoms with van der Waals surface area (Å²) in [4.78, 5) is 2.48. The fraction of sp³-hybridized carbons (Fsp3) is 0.333. The number of hydrogen-bond acceptors (Lipinski definition) is 4. The van der Waals surface area contributed by atoms with Crippen molar-refractivity contribution < 1.29 is 17.5 Å².